The number of fused-ring (bicyclic) bond motifs is 1. The van der Waals surface area contributed by atoms with Gasteiger partial charge in [-0.1, -0.05) is 79.7 Å². The molecule has 0 aliphatic carbocycles. The van der Waals surface area contributed by atoms with E-state index >= 15 is 0 Å². The monoisotopic (exact) mass is 442 g/mol. The van der Waals surface area contributed by atoms with Crippen LogP contribution >= 0.6 is 0 Å². The highest BCUT2D eigenvalue weighted by atomic mass is 16.7. The molecule has 4 aromatic rings. The number of ether oxygens (including phenoxy) is 2. The Labute approximate surface area is 195 Å². The van der Waals surface area contributed by atoms with Gasteiger partial charge in [-0.3, -0.25) is 0 Å². The summed E-state index contributed by atoms with van der Waals surface area (Å²) in [6.45, 7) is 5.83. The lowest BCUT2D eigenvalue weighted by Crippen LogP contribution is -2.07. The van der Waals surface area contributed by atoms with Crippen LogP contribution in [0.2, 0.25) is 0 Å². The van der Waals surface area contributed by atoms with Gasteiger partial charge in [-0.25, -0.2) is 0 Å². The third-order valence-electron chi connectivity index (χ3n) is 5.52. The molecule has 3 aromatic carbocycles. The van der Waals surface area contributed by atoms with Gasteiger partial charge in [0.2, 0.25) is 0 Å². The standard InChI is InChI=1S/C28H30N2O3/c1-21(2)28-26(17-29-33-19-23-12-8-5-9-13-23)25-16-24(32-20-31-3)14-15-27(25)30(28)18-22-10-6-4-7-11-22/h4-17,21H,18-20H2,1-3H3. The molecule has 0 amide bonds. The Kier molecular flexibility index (Phi) is 7.43. The number of nitrogens with zero attached hydrogens (tertiary/aromatic N) is 2. The van der Waals surface area contributed by atoms with Gasteiger partial charge in [0.1, 0.15) is 12.4 Å². The van der Waals surface area contributed by atoms with Crippen molar-refractivity contribution in [1.29, 1.82) is 0 Å². The SMILES string of the molecule is COCOc1ccc2c(c1)c(C=NOCc1ccccc1)c(C(C)C)n2Cc1ccccc1. The minimum atomic E-state index is 0.205. The number of oxime groups is 1. The first-order valence-corrected chi connectivity index (χ1v) is 11.2. The van der Waals surface area contributed by atoms with E-state index in [0.29, 0.717) is 12.5 Å². The normalized spacial score (nSPS) is 11.5. The van der Waals surface area contributed by atoms with Gasteiger partial charge < -0.3 is 18.9 Å². The molecule has 0 aliphatic rings. The van der Waals surface area contributed by atoms with Crippen molar-refractivity contribution in [2.24, 2.45) is 5.16 Å². The van der Waals surface area contributed by atoms with Crippen molar-refractivity contribution in [2.75, 3.05) is 13.9 Å². The van der Waals surface area contributed by atoms with E-state index < -0.39 is 0 Å². The maximum atomic E-state index is 5.72. The zero-order valence-corrected chi connectivity index (χ0v) is 19.4. The maximum Gasteiger partial charge on any atom is 0.188 e. The molecule has 170 valence electrons. The molecule has 0 bridgehead atoms. The summed E-state index contributed by atoms with van der Waals surface area (Å²) in [4.78, 5) is 5.64. The summed E-state index contributed by atoms with van der Waals surface area (Å²) in [5.41, 5.74) is 5.73. The predicted molar refractivity (Wildman–Crippen MR) is 133 cm³/mol. The summed E-state index contributed by atoms with van der Waals surface area (Å²) >= 11 is 0. The zero-order valence-electron chi connectivity index (χ0n) is 19.4. The van der Waals surface area contributed by atoms with E-state index in [0.717, 1.165) is 34.3 Å². The van der Waals surface area contributed by atoms with E-state index in [2.05, 4.69) is 60.0 Å². The van der Waals surface area contributed by atoms with Crippen molar-refractivity contribution in [3.8, 4) is 5.75 Å². The van der Waals surface area contributed by atoms with E-state index in [1.807, 2.05) is 48.7 Å². The number of methoxy groups -OCH3 is 1. The second-order valence-electron chi connectivity index (χ2n) is 8.25. The van der Waals surface area contributed by atoms with Crippen LogP contribution in [0, 0.1) is 0 Å². The Morgan fingerprint density at radius 1 is 0.909 bits per heavy atom. The highest BCUT2D eigenvalue weighted by Crippen LogP contribution is 2.33. The van der Waals surface area contributed by atoms with Crippen LogP contribution in [-0.4, -0.2) is 24.7 Å². The molecule has 0 aliphatic heterocycles. The number of aromatic nitrogens is 1. The van der Waals surface area contributed by atoms with Crippen molar-refractivity contribution in [1.82, 2.24) is 4.57 Å². The fourth-order valence-electron chi connectivity index (χ4n) is 4.07. The molecule has 4 rings (SSSR count). The van der Waals surface area contributed by atoms with Gasteiger partial charge in [-0.2, -0.15) is 0 Å². The minimum absolute atomic E-state index is 0.205. The first kappa shape index (κ1) is 22.6. The van der Waals surface area contributed by atoms with Gasteiger partial charge >= 0.3 is 0 Å². The molecule has 0 saturated heterocycles. The van der Waals surface area contributed by atoms with Crippen LogP contribution in [0.25, 0.3) is 10.9 Å². The summed E-state index contributed by atoms with van der Waals surface area (Å²) in [6.07, 6.45) is 1.84. The Morgan fingerprint density at radius 2 is 1.61 bits per heavy atom. The van der Waals surface area contributed by atoms with Crippen LogP contribution in [0.3, 0.4) is 0 Å². The highest BCUT2D eigenvalue weighted by molar-refractivity contribution is 6.02. The average Bonchev–Trinajstić information content (AvgIpc) is 3.14. The van der Waals surface area contributed by atoms with Gasteiger partial charge in [0, 0.05) is 35.8 Å². The fourth-order valence-corrected chi connectivity index (χ4v) is 4.07. The first-order chi connectivity index (χ1) is 16.2. The molecular weight excluding hydrogens is 412 g/mol. The summed E-state index contributed by atoms with van der Waals surface area (Å²) in [5, 5.41) is 5.42. The van der Waals surface area contributed by atoms with Crippen molar-refractivity contribution >= 4 is 17.1 Å². The number of hydrogen-bond acceptors (Lipinski definition) is 4. The van der Waals surface area contributed by atoms with Crippen LogP contribution < -0.4 is 4.74 Å². The van der Waals surface area contributed by atoms with Crippen molar-refractivity contribution in [2.45, 2.75) is 32.9 Å². The molecule has 1 heterocycles. The maximum absolute atomic E-state index is 5.72. The van der Waals surface area contributed by atoms with E-state index in [4.69, 9.17) is 14.3 Å². The Bertz CT molecular complexity index is 1200. The van der Waals surface area contributed by atoms with E-state index in [9.17, 15) is 0 Å². The lowest BCUT2D eigenvalue weighted by atomic mass is 10.0. The molecule has 33 heavy (non-hydrogen) atoms. The van der Waals surface area contributed by atoms with Gasteiger partial charge in [0.05, 0.1) is 6.21 Å². The summed E-state index contributed by atoms with van der Waals surface area (Å²) in [7, 11) is 1.62. The van der Waals surface area contributed by atoms with Crippen LogP contribution in [-0.2, 0) is 22.7 Å². The zero-order chi connectivity index (χ0) is 23.0. The smallest absolute Gasteiger partial charge is 0.188 e. The largest absolute Gasteiger partial charge is 0.468 e. The van der Waals surface area contributed by atoms with Crippen LogP contribution in [0.5, 0.6) is 5.75 Å². The Morgan fingerprint density at radius 3 is 2.27 bits per heavy atom. The predicted octanol–water partition coefficient (Wildman–Crippen LogP) is 6.35. The molecule has 0 saturated carbocycles. The van der Waals surface area contributed by atoms with E-state index in [1.165, 1.54) is 11.3 Å². The summed E-state index contributed by atoms with van der Waals surface area (Å²) in [5.74, 6) is 1.05. The van der Waals surface area contributed by atoms with Gasteiger partial charge in [0.15, 0.2) is 6.79 Å². The Balaban J connectivity index is 1.74. The number of hydrogen-bond donors (Lipinski definition) is 0. The second-order valence-corrected chi connectivity index (χ2v) is 8.25. The quantitative estimate of drug-likeness (QED) is 0.163. The Hall–Kier alpha value is -3.57. The summed E-state index contributed by atoms with van der Waals surface area (Å²) in [6, 6.07) is 26.7. The minimum Gasteiger partial charge on any atom is -0.468 e. The fraction of sp³-hybridized carbons (Fsp3) is 0.250. The molecule has 5 nitrogen and oxygen atoms in total. The summed E-state index contributed by atoms with van der Waals surface area (Å²) < 4.78 is 13.2. The van der Waals surface area contributed by atoms with Crippen LogP contribution in [0.4, 0.5) is 0 Å². The second kappa shape index (κ2) is 10.8. The van der Waals surface area contributed by atoms with Crippen molar-refractivity contribution in [3.05, 3.63) is 101 Å². The number of benzene rings is 3. The molecule has 0 atom stereocenters. The van der Waals surface area contributed by atoms with Gasteiger partial charge in [0.25, 0.3) is 0 Å². The highest BCUT2D eigenvalue weighted by Gasteiger charge is 2.19. The van der Waals surface area contributed by atoms with E-state index in [-0.39, 0.29) is 6.79 Å². The number of rotatable bonds is 10. The molecule has 0 unspecified atom stereocenters. The van der Waals surface area contributed by atoms with Gasteiger partial charge in [-0.15, -0.1) is 0 Å². The molecule has 0 fully saturated rings. The van der Waals surface area contributed by atoms with Gasteiger partial charge in [-0.05, 0) is 35.2 Å². The van der Waals surface area contributed by atoms with E-state index in [1.54, 1.807) is 7.11 Å². The molecule has 0 radical (unpaired) electrons. The van der Waals surface area contributed by atoms with Crippen molar-refractivity contribution < 1.29 is 14.3 Å². The molecule has 5 heteroatoms. The molecular formula is C28H30N2O3. The van der Waals surface area contributed by atoms with Crippen LogP contribution in [0.1, 0.15) is 42.1 Å². The van der Waals surface area contributed by atoms with Crippen LogP contribution in [0.15, 0.2) is 84.0 Å². The average molecular weight is 443 g/mol. The topological polar surface area (TPSA) is 45.0 Å². The lowest BCUT2D eigenvalue weighted by Gasteiger charge is -2.14. The molecule has 0 spiro atoms. The lowest BCUT2D eigenvalue weighted by molar-refractivity contribution is 0.0512. The van der Waals surface area contributed by atoms with Crippen molar-refractivity contribution in [3.63, 3.8) is 0 Å². The third-order valence-corrected chi connectivity index (χ3v) is 5.52. The molecule has 1 aromatic heterocycles. The third kappa shape index (κ3) is 5.44. The molecule has 0 N–H and O–H groups in total. The first-order valence-electron chi connectivity index (χ1n) is 11.2.